The van der Waals surface area contributed by atoms with E-state index in [4.69, 9.17) is 13.9 Å². The third kappa shape index (κ3) is 7.59. The normalized spacial score (nSPS) is 11.5. The van der Waals surface area contributed by atoms with Gasteiger partial charge in [-0.1, -0.05) is 48.8 Å². The van der Waals surface area contributed by atoms with Crippen molar-refractivity contribution >= 4 is 33.9 Å². The fraction of sp³-hybridized carbons (Fsp3) is 0.222. The molecule has 0 spiro atoms. The van der Waals surface area contributed by atoms with Gasteiger partial charge in [0.25, 0.3) is 5.91 Å². The van der Waals surface area contributed by atoms with Crippen molar-refractivity contribution in [1.82, 2.24) is 5.32 Å². The molecule has 0 aliphatic rings. The molecule has 0 saturated carbocycles. The molecule has 3 aromatic rings. The van der Waals surface area contributed by atoms with Crippen molar-refractivity contribution in [3.63, 3.8) is 0 Å². The van der Waals surface area contributed by atoms with E-state index in [0.717, 1.165) is 10.0 Å². The number of nitrogens with zero attached hydrogens (tertiary/aromatic N) is 1. The van der Waals surface area contributed by atoms with Crippen LogP contribution < -0.4 is 14.8 Å². The molecule has 0 aliphatic carbocycles. The number of ether oxygens (including phenoxy) is 2. The monoisotopic (exact) mass is 536 g/mol. The average molecular weight is 537 g/mol. The summed E-state index contributed by atoms with van der Waals surface area (Å²) in [6.07, 6.45) is 2.96. The number of hydrogen-bond donors (Lipinski definition) is 1. The van der Waals surface area contributed by atoms with E-state index in [-0.39, 0.29) is 24.1 Å². The Morgan fingerprint density at radius 2 is 1.89 bits per heavy atom. The number of furan rings is 1. The van der Waals surface area contributed by atoms with Crippen molar-refractivity contribution in [3.05, 3.63) is 87.8 Å². The van der Waals surface area contributed by atoms with Gasteiger partial charge in [0.2, 0.25) is 0 Å². The number of esters is 1. The molecule has 1 N–H and O–H groups in total. The Morgan fingerprint density at radius 1 is 1.14 bits per heavy atom. The van der Waals surface area contributed by atoms with Gasteiger partial charge in [-0.15, -0.1) is 0 Å². The van der Waals surface area contributed by atoms with Gasteiger partial charge in [-0.2, -0.15) is 5.26 Å². The van der Waals surface area contributed by atoms with E-state index in [9.17, 15) is 14.9 Å². The second-order valence-electron chi connectivity index (χ2n) is 8.65. The molecule has 7 nitrogen and oxygen atoms in total. The molecule has 8 heteroatoms. The van der Waals surface area contributed by atoms with E-state index in [1.165, 1.54) is 12.3 Å². The SMILES string of the molecule is CC(C)(C)c1cc(Br)ccc1OCC(=O)Oc1ccc(/C=C(\C#N)C(=O)NCc2ccco2)cc1. The minimum atomic E-state index is -0.550. The van der Waals surface area contributed by atoms with Crippen LogP contribution >= 0.6 is 15.9 Å². The predicted molar refractivity (Wildman–Crippen MR) is 135 cm³/mol. The van der Waals surface area contributed by atoms with Gasteiger partial charge >= 0.3 is 5.97 Å². The Bertz CT molecular complexity index is 1250. The molecule has 3 rings (SSSR count). The zero-order valence-corrected chi connectivity index (χ0v) is 21.2. The van der Waals surface area contributed by atoms with Gasteiger partial charge in [0.1, 0.15) is 28.9 Å². The summed E-state index contributed by atoms with van der Waals surface area (Å²) < 4.78 is 17.2. The number of benzene rings is 2. The first-order valence-corrected chi connectivity index (χ1v) is 11.6. The Labute approximate surface area is 212 Å². The lowest BCUT2D eigenvalue weighted by Gasteiger charge is -2.23. The minimum Gasteiger partial charge on any atom is -0.482 e. The van der Waals surface area contributed by atoms with Gasteiger partial charge in [0, 0.05) is 10.0 Å². The highest BCUT2D eigenvalue weighted by molar-refractivity contribution is 9.10. The van der Waals surface area contributed by atoms with Crippen molar-refractivity contribution in [2.24, 2.45) is 0 Å². The summed E-state index contributed by atoms with van der Waals surface area (Å²) in [5.41, 5.74) is 1.36. The molecule has 0 aliphatic heterocycles. The molecule has 2 aromatic carbocycles. The van der Waals surface area contributed by atoms with Crippen LogP contribution in [0.2, 0.25) is 0 Å². The Kier molecular flexibility index (Phi) is 8.50. The standard InChI is InChI=1S/C27H25BrN2O5/c1-27(2,3)23-14-20(28)8-11-24(23)34-17-25(31)35-21-9-6-18(7-10-21)13-19(15-29)26(32)30-16-22-5-4-12-33-22/h4-14H,16-17H2,1-3H3,(H,30,32)/b19-13+. The topological polar surface area (TPSA) is 102 Å². The zero-order chi connectivity index (χ0) is 25.4. The first-order valence-electron chi connectivity index (χ1n) is 10.8. The van der Waals surface area contributed by atoms with Crippen molar-refractivity contribution in [1.29, 1.82) is 5.26 Å². The van der Waals surface area contributed by atoms with Gasteiger partial charge in [-0.3, -0.25) is 4.79 Å². The average Bonchev–Trinajstić information content (AvgIpc) is 3.34. The molecule has 0 atom stereocenters. The first-order chi connectivity index (χ1) is 16.7. The van der Waals surface area contributed by atoms with Crippen LogP contribution in [0.1, 0.15) is 37.7 Å². The summed E-state index contributed by atoms with van der Waals surface area (Å²) in [7, 11) is 0. The molecule has 180 valence electrons. The lowest BCUT2D eigenvalue weighted by atomic mass is 9.86. The second-order valence-corrected chi connectivity index (χ2v) is 9.57. The quantitative estimate of drug-likeness (QED) is 0.175. The highest BCUT2D eigenvalue weighted by Gasteiger charge is 2.20. The lowest BCUT2D eigenvalue weighted by molar-refractivity contribution is -0.136. The molecule has 35 heavy (non-hydrogen) atoms. The molecule has 1 aromatic heterocycles. The third-order valence-corrected chi connectivity index (χ3v) is 5.38. The number of halogens is 1. The molecule has 0 fully saturated rings. The Morgan fingerprint density at radius 3 is 2.51 bits per heavy atom. The molecule has 0 radical (unpaired) electrons. The second kappa shape index (κ2) is 11.5. The summed E-state index contributed by atoms with van der Waals surface area (Å²) >= 11 is 3.47. The van der Waals surface area contributed by atoms with Crippen molar-refractivity contribution in [2.45, 2.75) is 32.7 Å². The van der Waals surface area contributed by atoms with Crippen molar-refractivity contribution < 1.29 is 23.5 Å². The molecule has 1 heterocycles. The number of rotatable bonds is 8. The number of amides is 1. The molecule has 0 saturated heterocycles. The first kappa shape index (κ1) is 25.8. The number of carbonyl (C=O) groups is 2. The molecule has 0 bridgehead atoms. The largest absolute Gasteiger partial charge is 0.482 e. The molecule has 0 unspecified atom stereocenters. The Balaban J connectivity index is 1.57. The number of hydrogen-bond acceptors (Lipinski definition) is 6. The summed E-state index contributed by atoms with van der Waals surface area (Å²) in [6, 6.07) is 17.4. The van der Waals surface area contributed by atoms with E-state index in [1.807, 2.05) is 24.3 Å². The van der Waals surface area contributed by atoms with Crippen LogP contribution in [0, 0.1) is 11.3 Å². The highest BCUT2D eigenvalue weighted by Crippen LogP contribution is 2.33. The van der Waals surface area contributed by atoms with Crippen LogP contribution in [0.4, 0.5) is 0 Å². The van der Waals surface area contributed by atoms with E-state index >= 15 is 0 Å². The fourth-order valence-corrected chi connectivity index (χ4v) is 3.50. The molecule has 1 amide bonds. The summed E-state index contributed by atoms with van der Waals surface area (Å²) in [5.74, 6) is 0.460. The maximum absolute atomic E-state index is 12.3. The highest BCUT2D eigenvalue weighted by atomic mass is 79.9. The maximum atomic E-state index is 12.3. The third-order valence-electron chi connectivity index (χ3n) is 4.89. The van der Waals surface area contributed by atoms with E-state index in [2.05, 4.69) is 42.0 Å². The van der Waals surface area contributed by atoms with Crippen molar-refractivity contribution in [3.8, 4) is 17.6 Å². The van der Waals surface area contributed by atoms with Crippen LogP contribution in [0.5, 0.6) is 11.5 Å². The maximum Gasteiger partial charge on any atom is 0.349 e. The van der Waals surface area contributed by atoms with Crippen LogP contribution in [-0.4, -0.2) is 18.5 Å². The molecular formula is C27H25BrN2O5. The predicted octanol–water partition coefficient (Wildman–Crippen LogP) is 5.55. The molecular weight excluding hydrogens is 512 g/mol. The lowest BCUT2D eigenvalue weighted by Crippen LogP contribution is -2.23. The van der Waals surface area contributed by atoms with Crippen LogP contribution in [0.15, 0.2) is 75.3 Å². The van der Waals surface area contributed by atoms with Crippen LogP contribution in [0.3, 0.4) is 0 Å². The van der Waals surface area contributed by atoms with E-state index < -0.39 is 11.9 Å². The van der Waals surface area contributed by atoms with Gasteiger partial charge in [0.05, 0.1) is 12.8 Å². The number of nitrogens with one attached hydrogen (secondary N) is 1. The van der Waals surface area contributed by atoms with E-state index in [1.54, 1.807) is 36.4 Å². The summed E-state index contributed by atoms with van der Waals surface area (Å²) in [4.78, 5) is 24.6. The van der Waals surface area contributed by atoms with Crippen LogP contribution in [-0.2, 0) is 21.5 Å². The van der Waals surface area contributed by atoms with Crippen LogP contribution in [0.25, 0.3) is 6.08 Å². The van der Waals surface area contributed by atoms with Gasteiger partial charge in [-0.25, -0.2) is 4.79 Å². The smallest absolute Gasteiger partial charge is 0.349 e. The van der Waals surface area contributed by atoms with Gasteiger partial charge < -0.3 is 19.2 Å². The number of carbonyl (C=O) groups excluding carboxylic acids is 2. The van der Waals surface area contributed by atoms with E-state index in [0.29, 0.717) is 22.8 Å². The summed E-state index contributed by atoms with van der Waals surface area (Å²) in [6.45, 7) is 6.13. The van der Waals surface area contributed by atoms with Gasteiger partial charge in [0.15, 0.2) is 6.61 Å². The fourth-order valence-electron chi connectivity index (χ4n) is 3.13. The zero-order valence-electron chi connectivity index (χ0n) is 19.6. The van der Waals surface area contributed by atoms with Crippen molar-refractivity contribution in [2.75, 3.05) is 6.61 Å². The van der Waals surface area contributed by atoms with Gasteiger partial charge in [-0.05, 0) is 59.5 Å². The Hall–Kier alpha value is -3.83. The number of nitriles is 1. The minimum absolute atomic E-state index is 0.0566. The summed E-state index contributed by atoms with van der Waals surface area (Å²) in [5, 5.41) is 12.0.